The Kier molecular flexibility index (Phi) is 6.62. The van der Waals surface area contributed by atoms with Crippen molar-refractivity contribution in [2.24, 2.45) is 5.92 Å². The van der Waals surface area contributed by atoms with Crippen molar-refractivity contribution in [1.29, 1.82) is 0 Å². The van der Waals surface area contributed by atoms with E-state index in [1.54, 1.807) is 4.90 Å². The number of nitrogens with one attached hydrogen (secondary N) is 1. The van der Waals surface area contributed by atoms with Gasteiger partial charge < -0.3 is 25.2 Å². The second-order valence-electron chi connectivity index (χ2n) is 8.86. The molecule has 1 aromatic rings. The SMILES string of the molecule is O=C(O)CNC(=O)C1=C(O)CCN(C[C@H]2CC[C@H](Oc3ccc(C4CC4)cn3)CC2)C1=O. The molecular weight excluding hydrogens is 414 g/mol. The summed E-state index contributed by atoms with van der Waals surface area (Å²) in [5.74, 6) is -1.29. The van der Waals surface area contributed by atoms with Gasteiger partial charge in [0.1, 0.15) is 24.0 Å². The molecule has 0 radical (unpaired) electrons. The Morgan fingerprint density at radius 1 is 1.16 bits per heavy atom. The second kappa shape index (κ2) is 9.58. The fourth-order valence-corrected chi connectivity index (χ4v) is 4.43. The second-order valence-corrected chi connectivity index (χ2v) is 8.86. The van der Waals surface area contributed by atoms with Crippen LogP contribution in [0.5, 0.6) is 5.88 Å². The van der Waals surface area contributed by atoms with Gasteiger partial charge in [-0.1, -0.05) is 6.07 Å². The standard InChI is InChI=1S/C23H29N3O6/c27-18-9-10-26(23(31)21(18)22(30)25-12-20(28)29)13-14-1-6-17(7-2-14)32-19-8-5-16(11-24-19)15-3-4-15/h5,8,11,14-15,17,27H,1-4,6-7,9-10,12-13H2,(H,25,30)(H,28,29)/t14-,17-. The van der Waals surface area contributed by atoms with Crippen LogP contribution in [0.1, 0.15) is 56.4 Å². The lowest BCUT2D eigenvalue weighted by molar-refractivity contribution is -0.138. The number of hydrogen-bond donors (Lipinski definition) is 3. The molecule has 9 heteroatoms. The Hall–Kier alpha value is -3.10. The van der Waals surface area contributed by atoms with E-state index in [4.69, 9.17) is 9.84 Å². The van der Waals surface area contributed by atoms with Crippen LogP contribution in [0.2, 0.25) is 0 Å². The average molecular weight is 444 g/mol. The van der Waals surface area contributed by atoms with Gasteiger partial charge >= 0.3 is 5.97 Å². The molecule has 32 heavy (non-hydrogen) atoms. The third-order valence-electron chi connectivity index (χ3n) is 6.40. The highest BCUT2D eigenvalue weighted by molar-refractivity contribution is 6.19. The van der Waals surface area contributed by atoms with Crippen molar-refractivity contribution in [3.8, 4) is 5.88 Å². The smallest absolute Gasteiger partial charge is 0.322 e. The maximum Gasteiger partial charge on any atom is 0.322 e. The van der Waals surface area contributed by atoms with E-state index in [-0.39, 0.29) is 29.8 Å². The van der Waals surface area contributed by atoms with E-state index in [1.807, 2.05) is 12.3 Å². The average Bonchev–Trinajstić information content (AvgIpc) is 3.62. The number of carbonyl (C=O) groups is 3. The van der Waals surface area contributed by atoms with E-state index < -0.39 is 24.3 Å². The van der Waals surface area contributed by atoms with Crippen molar-refractivity contribution in [3.05, 3.63) is 35.2 Å². The van der Waals surface area contributed by atoms with Crippen molar-refractivity contribution in [1.82, 2.24) is 15.2 Å². The van der Waals surface area contributed by atoms with Crippen LogP contribution in [0.3, 0.4) is 0 Å². The van der Waals surface area contributed by atoms with Crippen LogP contribution >= 0.6 is 0 Å². The van der Waals surface area contributed by atoms with Crippen LogP contribution in [0, 0.1) is 5.92 Å². The number of rotatable bonds is 8. The Morgan fingerprint density at radius 2 is 1.91 bits per heavy atom. The van der Waals surface area contributed by atoms with Crippen molar-refractivity contribution in [2.45, 2.75) is 57.0 Å². The highest BCUT2D eigenvalue weighted by Crippen LogP contribution is 2.40. The molecule has 1 aliphatic heterocycles. The number of aromatic nitrogens is 1. The lowest BCUT2D eigenvalue weighted by atomic mass is 9.86. The van der Waals surface area contributed by atoms with Gasteiger partial charge in [-0.15, -0.1) is 0 Å². The zero-order chi connectivity index (χ0) is 22.7. The number of aliphatic carboxylic acids is 1. The van der Waals surface area contributed by atoms with Gasteiger partial charge in [-0.25, -0.2) is 4.98 Å². The number of carboxylic acid groups (broad SMARTS) is 1. The quantitative estimate of drug-likeness (QED) is 0.525. The summed E-state index contributed by atoms with van der Waals surface area (Å²) < 4.78 is 6.05. The Morgan fingerprint density at radius 3 is 2.53 bits per heavy atom. The molecule has 2 heterocycles. The van der Waals surface area contributed by atoms with Gasteiger partial charge in [0.2, 0.25) is 5.88 Å². The number of carboxylic acids is 1. The molecule has 3 N–H and O–H groups in total. The van der Waals surface area contributed by atoms with E-state index in [1.165, 1.54) is 18.4 Å². The third kappa shape index (κ3) is 5.38. The van der Waals surface area contributed by atoms with Gasteiger partial charge in [0, 0.05) is 31.8 Å². The number of pyridine rings is 1. The summed E-state index contributed by atoms with van der Waals surface area (Å²) in [7, 11) is 0. The summed E-state index contributed by atoms with van der Waals surface area (Å²) in [6.07, 6.45) is 8.21. The molecule has 0 spiro atoms. The minimum Gasteiger partial charge on any atom is -0.511 e. The predicted molar refractivity (Wildman–Crippen MR) is 114 cm³/mol. The minimum atomic E-state index is -1.22. The molecule has 3 aliphatic rings. The summed E-state index contributed by atoms with van der Waals surface area (Å²) >= 11 is 0. The van der Waals surface area contributed by atoms with E-state index in [9.17, 15) is 19.5 Å². The van der Waals surface area contributed by atoms with Crippen LogP contribution < -0.4 is 10.1 Å². The fourth-order valence-electron chi connectivity index (χ4n) is 4.43. The summed E-state index contributed by atoms with van der Waals surface area (Å²) in [4.78, 5) is 41.6. The Balaban J connectivity index is 1.25. The first-order chi connectivity index (χ1) is 15.4. The molecule has 9 nitrogen and oxygen atoms in total. The van der Waals surface area contributed by atoms with Gasteiger partial charge in [0.15, 0.2) is 0 Å². The van der Waals surface area contributed by atoms with E-state index >= 15 is 0 Å². The van der Waals surface area contributed by atoms with Crippen molar-refractivity contribution < 1.29 is 29.3 Å². The maximum atomic E-state index is 12.7. The lowest BCUT2D eigenvalue weighted by Gasteiger charge is -2.34. The molecule has 0 saturated heterocycles. The number of carbonyl (C=O) groups excluding carboxylic acids is 2. The summed E-state index contributed by atoms with van der Waals surface area (Å²) in [5, 5.41) is 20.9. The summed E-state index contributed by atoms with van der Waals surface area (Å²) in [6, 6.07) is 4.04. The lowest BCUT2D eigenvalue weighted by Crippen LogP contribution is -2.45. The first kappa shape index (κ1) is 22.1. The number of hydrogen-bond acceptors (Lipinski definition) is 6. The summed E-state index contributed by atoms with van der Waals surface area (Å²) in [6.45, 7) is 0.238. The third-order valence-corrected chi connectivity index (χ3v) is 6.40. The van der Waals surface area contributed by atoms with E-state index in [0.29, 0.717) is 24.9 Å². The number of amides is 2. The van der Waals surface area contributed by atoms with Crippen LogP contribution in [0.4, 0.5) is 0 Å². The number of ether oxygens (including phenoxy) is 1. The molecule has 1 aromatic heterocycles. The maximum absolute atomic E-state index is 12.7. The molecule has 2 fully saturated rings. The Labute approximate surface area is 186 Å². The fraction of sp³-hybridized carbons (Fsp3) is 0.565. The highest BCUT2D eigenvalue weighted by Gasteiger charge is 2.34. The van der Waals surface area contributed by atoms with Crippen molar-refractivity contribution in [3.63, 3.8) is 0 Å². The first-order valence-corrected chi connectivity index (χ1v) is 11.2. The van der Waals surface area contributed by atoms with Gasteiger partial charge in [-0.2, -0.15) is 0 Å². The molecule has 172 valence electrons. The molecule has 0 atom stereocenters. The first-order valence-electron chi connectivity index (χ1n) is 11.2. The van der Waals surface area contributed by atoms with Gasteiger partial charge in [-0.3, -0.25) is 14.4 Å². The zero-order valence-corrected chi connectivity index (χ0v) is 18.0. The summed E-state index contributed by atoms with van der Waals surface area (Å²) in [5.41, 5.74) is 0.929. The number of aliphatic hydroxyl groups is 1. The highest BCUT2D eigenvalue weighted by atomic mass is 16.5. The van der Waals surface area contributed by atoms with E-state index in [2.05, 4.69) is 16.4 Å². The largest absolute Gasteiger partial charge is 0.511 e. The number of aliphatic hydroxyl groups excluding tert-OH is 1. The minimum absolute atomic E-state index is 0.101. The van der Waals surface area contributed by atoms with Gasteiger partial charge in [-0.05, 0) is 55.9 Å². The molecule has 0 aromatic carbocycles. The predicted octanol–water partition coefficient (Wildman–Crippen LogP) is 2.14. The van der Waals surface area contributed by atoms with Crippen LogP contribution in [0.25, 0.3) is 0 Å². The van der Waals surface area contributed by atoms with Crippen LogP contribution in [-0.4, -0.2) is 63.6 Å². The number of nitrogens with zero attached hydrogens (tertiary/aromatic N) is 2. The van der Waals surface area contributed by atoms with Crippen molar-refractivity contribution in [2.75, 3.05) is 19.6 Å². The van der Waals surface area contributed by atoms with Crippen molar-refractivity contribution >= 4 is 17.8 Å². The molecule has 2 amide bonds. The normalized spacial score (nSPS) is 23.8. The zero-order valence-electron chi connectivity index (χ0n) is 18.0. The molecule has 4 rings (SSSR count). The molecule has 0 bridgehead atoms. The van der Waals surface area contributed by atoms with Crippen LogP contribution in [-0.2, 0) is 14.4 Å². The molecule has 2 saturated carbocycles. The topological polar surface area (TPSA) is 129 Å². The Bertz CT molecular complexity index is 901. The molecule has 2 aliphatic carbocycles. The van der Waals surface area contributed by atoms with Gasteiger partial charge in [0.05, 0.1) is 0 Å². The molecule has 0 unspecified atom stereocenters. The van der Waals surface area contributed by atoms with Crippen LogP contribution in [0.15, 0.2) is 29.7 Å². The van der Waals surface area contributed by atoms with E-state index in [0.717, 1.165) is 25.7 Å². The molecular formula is C23H29N3O6. The monoisotopic (exact) mass is 443 g/mol. The van der Waals surface area contributed by atoms with Gasteiger partial charge in [0.25, 0.3) is 11.8 Å².